The molecule has 0 amide bonds. The van der Waals surface area contributed by atoms with Crippen molar-refractivity contribution < 1.29 is 0 Å². The third-order valence-electron chi connectivity index (χ3n) is 3.01. The van der Waals surface area contributed by atoms with Gasteiger partial charge in [-0.25, -0.2) is 0 Å². The van der Waals surface area contributed by atoms with Crippen LogP contribution in [0, 0.1) is 11.8 Å². The van der Waals surface area contributed by atoms with Crippen LogP contribution in [0.1, 0.15) is 46.5 Å². The minimum atomic E-state index is 0.854. The van der Waals surface area contributed by atoms with Crippen molar-refractivity contribution in [2.24, 2.45) is 11.8 Å². The molecule has 1 heteroatoms. The molecule has 0 saturated carbocycles. The molecule has 0 spiro atoms. The van der Waals surface area contributed by atoms with Crippen LogP contribution in [0.3, 0.4) is 0 Å². The van der Waals surface area contributed by atoms with Crippen molar-refractivity contribution in [1.29, 1.82) is 0 Å². The van der Waals surface area contributed by atoms with Crippen molar-refractivity contribution in [2.45, 2.75) is 46.5 Å². The first-order chi connectivity index (χ1) is 6.59. The Morgan fingerprint density at radius 2 is 2.00 bits per heavy atom. The van der Waals surface area contributed by atoms with Crippen LogP contribution in [0.4, 0.5) is 0 Å². The number of hydrogen-bond donors (Lipinski definition) is 0. The van der Waals surface area contributed by atoms with Crippen molar-refractivity contribution in [1.82, 2.24) is 4.90 Å². The summed E-state index contributed by atoms with van der Waals surface area (Å²) in [5.74, 6) is 1.75. The zero-order chi connectivity index (χ0) is 10.6. The molecule has 1 nitrogen and oxygen atoms in total. The maximum absolute atomic E-state index is 4.15. The van der Waals surface area contributed by atoms with Crippen LogP contribution in [-0.4, -0.2) is 18.0 Å². The van der Waals surface area contributed by atoms with Crippen LogP contribution in [0.5, 0.6) is 0 Å². The van der Waals surface area contributed by atoms with E-state index in [1.165, 1.54) is 44.5 Å². The van der Waals surface area contributed by atoms with E-state index in [0.717, 1.165) is 11.8 Å². The van der Waals surface area contributed by atoms with E-state index in [4.69, 9.17) is 0 Å². The lowest BCUT2D eigenvalue weighted by atomic mass is 9.99. The monoisotopic (exact) mass is 195 g/mol. The predicted molar refractivity (Wildman–Crippen MR) is 63.2 cm³/mol. The fourth-order valence-electron chi connectivity index (χ4n) is 2.00. The number of nitrogens with zero attached hydrogens (tertiary/aromatic N) is 1. The smallest absolute Gasteiger partial charge is 0.0217 e. The van der Waals surface area contributed by atoms with Crippen molar-refractivity contribution >= 4 is 0 Å². The van der Waals surface area contributed by atoms with E-state index in [-0.39, 0.29) is 0 Å². The fraction of sp³-hybridized carbons (Fsp3) is 0.846. The van der Waals surface area contributed by atoms with Gasteiger partial charge in [-0.3, -0.25) is 0 Å². The van der Waals surface area contributed by atoms with Crippen LogP contribution in [-0.2, 0) is 0 Å². The van der Waals surface area contributed by atoms with Gasteiger partial charge in [0.05, 0.1) is 0 Å². The summed E-state index contributed by atoms with van der Waals surface area (Å²) in [7, 11) is 0. The lowest BCUT2D eigenvalue weighted by Crippen LogP contribution is -2.43. The molecule has 0 unspecified atom stereocenters. The Hall–Kier alpha value is -0.460. The first-order valence-corrected chi connectivity index (χ1v) is 6.02. The second kappa shape index (κ2) is 5.43. The summed E-state index contributed by atoms with van der Waals surface area (Å²) < 4.78 is 0. The molecule has 1 rings (SSSR count). The standard InChI is InChI=1S/C13H25N/c1-11(2)7-5-6-8-13(4)14-9-12(3)10-14/h11-12H,4-10H2,1-3H3. The summed E-state index contributed by atoms with van der Waals surface area (Å²) >= 11 is 0. The molecule has 0 aliphatic carbocycles. The maximum atomic E-state index is 4.15. The highest BCUT2D eigenvalue weighted by Gasteiger charge is 2.22. The molecule has 0 aromatic carbocycles. The van der Waals surface area contributed by atoms with Gasteiger partial charge in [0.25, 0.3) is 0 Å². The Labute approximate surface area is 89.2 Å². The van der Waals surface area contributed by atoms with E-state index in [1.807, 2.05) is 0 Å². The van der Waals surface area contributed by atoms with Gasteiger partial charge in [-0.15, -0.1) is 0 Å². The molecule has 0 atom stereocenters. The third kappa shape index (κ3) is 3.73. The molecule has 0 N–H and O–H groups in total. The van der Waals surface area contributed by atoms with Gasteiger partial charge in [0.15, 0.2) is 0 Å². The number of rotatable bonds is 6. The van der Waals surface area contributed by atoms with Crippen LogP contribution in [0.25, 0.3) is 0 Å². The van der Waals surface area contributed by atoms with Gasteiger partial charge in [-0.1, -0.05) is 40.2 Å². The first kappa shape index (κ1) is 11.6. The molecule has 1 aliphatic rings. The maximum Gasteiger partial charge on any atom is 0.0217 e. The number of unbranched alkanes of at least 4 members (excludes halogenated alkanes) is 1. The number of likely N-dealkylation sites (tertiary alicyclic amines) is 1. The Balaban J connectivity index is 1.99. The number of allylic oxidation sites excluding steroid dienone is 1. The topological polar surface area (TPSA) is 3.24 Å². The molecule has 1 aliphatic heterocycles. The largest absolute Gasteiger partial charge is 0.375 e. The zero-order valence-electron chi connectivity index (χ0n) is 10.1. The van der Waals surface area contributed by atoms with Crippen molar-refractivity contribution in [2.75, 3.05) is 13.1 Å². The van der Waals surface area contributed by atoms with E-state index in [1.54, 1.807) is 0 Å². The Morgan fingerprint density at radius 3 is 2.50 bits per heavy atom. The highest BCUT2D eigenvalue weighted by atomic mass is 15.2. The quantitative estimate of drug-likeness (QED) is 0.585. The molecule has 0 aromatic heterocycles. The lowest BCUT2D eigenvalue weighted by molar-refractivity contribution is 0.152. The van der Waals surface area contributed by atoms with Gasteiger partial charge in [-0.2, -0.15) is 0 Å². The van der Waals surface area contributed by atoms with Crippen molar-refractivity contribution in [3.8, 4) is 0 Å². The van der Waals surface area contributed by atoms with Gasteiger partial charge >= 0.3 is 0 Å². The highest BCUT2D eigenvalue weighted by Crippen LogP contribution is 2.22. The molecule has 1 fully saturated rings. The van der Waals surface area contributed by atoms with Gasteiger partial charge in [-0.05, 0) is 24.7 Å². The fourth-order valence-corrected chi connectivity index (χ4v) is 2.00. The average Bonchev–Trinajstić information content (AvgIpc) is 2.06. The average molecular weight is 195 g/mol. The summed E-state index contributed by atoms with van der Waals surface area (Å²) in [5, 5.41) is 0. The van der Waals surface area contributed by atoms with Crippen LogP contribution < -0.4 is 0 Å². The molecule has 0 bridgehead atoms. The highest BCUT2D eigenvalue weighted by molar-refractivity contribution is 4.99. The molecule has 14 heavy (non-hydrogen) atoms. The lowest BCUT2D eigenvalue weighted by Gasteiger charge is -2.40. The normalized spacial score (nSPS) is 17.3. The predicted octanol–water partition coefficient (Wildman–Crippen LogP) is 3.67. The molecular formula is C13H25N. The van der Waals surface area contributed by atoms with E-state index in [0.29, 0.717) is 0 Å². The molecular weight excluding hydrogens is 170 g/mol. The summed E-state index contributed by atoms with van der Waals surface area (Å²) in [5.41, 5.74) is 1.37. The Bertz CT molecular complexity index is 178. The number of hydrogen-bond acceptors (Lipinski definition) is 1. The van der Waals surface area contributed by atoms with Gasteiger partial charge in [0.1, 0.15) is 0 Å². The summed E-state index contributed by atoms with van der Waals surface area (Å²) in [6.45, 7) is 13.5. The van der Waals surface area contributed by atoms with Gasteiger partial charge < -0.3 is 4.90 Å². The summed E-state index contributed by atoms with van der Waals surface area (Å²) in [4.78, 5) is 2.43. The third-order valence-corrected chi connectivity index (χ3v) is 3.01. The molecule has 0 radical (unpaired) electrons. The first-order valence-electron chi connectivity index (χ1n) is 6.02. The van der Waals surface area contributed by atoms with E-state index >= 15 is 0 Å². The summed E-state index contributed by atoms with van der Waals surface area (Å²) in [6.07, 6.45) is 5.26. The summed E-state index contributed by atoms with van der Waals surface area (Å²) in [6, 6.07) is 0. The van der Waals surface area contributed by atoms with Crippen LogP contribution >= 0.6 is 0 Å². The molecule has 82 valence electrons. The SMILES string of the molecule is C=C(CCCCC(C)C)N1CC(C)C1. The zero-order valence-corrected chi connectivity index (χ0v) is 10.1. The second-order valence-electron chi connectivity index (χ2n) is 5.22. The Kier molecular flexibility index (Phi) is 4.50. The van der Waals surface area contributed by atoms with Crippen LogP contribution in [0.2, 0.25) is 0 Å². The van der Waals surface area contributed by atoms with Crippen molar-refractivity contribution in [3.05, 3.63) is 12.3 Å². The van der Waals surface area contributed by atoms with Gasteiger partial charge in [0, 0.05) is 18.8 Å². The molecule has 1 heterocycles. The minimum Gasteiger partial charge on any atom is -0.375 e. The Morgan fingerprint density at radius 1 is 1.36 bits per heavy atom. The van der Waals surface area contributed by atoms with Crippen molar-refractivity contribution in [3.63, 3.8) is 0 Å². The van der Waals surface area contributed by atoms with E-state index < -0.39 is 0 Å². The van der Waals surface area contributed by atoms with E-state index in [2.05, 4.69) is 32.3 Å². The van der Waals surface area contributed by atoms with E-state index in [9.17, 15) is 0 Å². The molecule has 0 aromatic rings. The second-order valence-corrected chi connectivity index (χ2v) is 5.22. The molecule has 1 saturated heterocycles. The van der Waals surface area contributed by atoms with Gasteiger partial charge in [0.2, 0.25) is 0 Å². The van der Waals surface area contributed by atoms with Crippen LogP contribution in [0.15, 0.2) is 12.3 Å². The minimum absolute atomic E-state index is 0.854.